The molecule has 0 N–H and O–H groups in total. The van der Waals surface area contributed by atoms with E-state index in [0.29, 0.717) is 11.8 Å². The van der Waals surface area contributed by atoms with Gasteiger partial charge in [0.2, 0.25) is 0 Å². The highest BCUT2D eigenvalue weighted by molar-refractivity contribution is 8.00. The second-order valence-electron chi connectivity index (χ2n) is 9.71. The van der Waals surface area contributed by atoms with Gasteiger partial charge in [-0.1, -0.05) is 32.9 Å². The van der Waals surface area contributed by atoms with Crippen molar-refractivity contribution in [3.8, 4) is 5.75 Å². The maximum absolute atomic E-state index is 12.4. The van der Waals surface area contributed by atoms with Gasteiger partial charge in [0.05, 0.1) is 13.7 Å². The van der Waals surface area contributed by atoms with Crippen LogP contribution in [0.15, 0.2) is 53.4 Å². The number of likely N-dealkylation sites (tertiary alicyclic amines) is 1. The summed E-state index contributed by atoms with van der Waals surface area (Å²) >= 11 is 2.00. The number of ether oxygens (including phenoxy) is 2. The molecule has 0 spiro atoms. The second-order valence-corrected chi connectivity index (χ2v) is 11.1. The van der Waals surface area contributed by atoms with Crippen molar-refractivity contribution in [1.82, 2.24) is 4.90 Å². The van der Waals surface area contributed by atoms with Crippen LogP contribution in [-0.4, -0.2) is 55.6 Å². The Morgan fingerprint density at radius 2 is 1.69 bits per heavy atom. The summed E-state index contributed by atoms with van der Waals surface area (Å²) in [6.07, 6.45) is 1.98. The van der Waals surface area contributed by atoms with Crippen LogP contribution >= 0.6 is 11.8 Å². The Morgan fingerprint density at radius 1 is 1.03 bits per heavy atom. The molecule has 0 aromatic heterocycles. The quantitative estimate of drug-likeness (QED) is 0.570. The summed E-state index contributed by atoms with van der Waals surface area (Å²) in [5.41, 5.74) is 2.43. The predicted octanol–water partition coefficient (Wildman–Crippen LogP) is 5.57. The van der Waals surface area contributed by atoms with E-state index in [9.17, 15) is 4.79 Å². The largest absolute Gasteiger partial charge is 0.497 e. The van der Waals surface area contributed by atoms with Crippen molar-refractivity contribution in [2.45, 2.75) is 55.3 Å². The first kappa shape index (κ1) is 23.0. The van der Waals surface area contributed by atoms with Gasteiger partial charge in [0.25, 0.3) is 0 Å². The van der Waals surface area contributed by atoms with Crippen molar-refractivity contribution in [3.63, 3.8) is 0 Å². The number of nitrogens with zero attached hydrogens (tertiary/aromatic N) is 2. The number of cyclic esters (lactones) is 1. The highest BCUT2D eigenvalue weighted by atomic mass is 32.2. The molecule has 0 saturated carbocycles. The summed E-state index contributed by atoms with van der Waals surface area (Å²) < 4.78 is 10.9. The predicted molar refractivity (Wildman–Crippen MR) is 131 cm³/mol. The Kier molecular flexibility index (Phi) is 7.01. The third kappa shape index (κ3) is 5.59. The SMILES string of the molecule is COc1ccc(N2C[C@H](CN3CCC(Sc4ccc(C(C)(C)C)cc4)CC3)OC2=O)cc1. The standard InChI is InChI=1S/C26H34N2O3S/c1-26(2,3)19-5-11-23(12-6-19)32-24-13-15-27(16-14-24)17-22-18-28(25(29)31-22)20-7-9-21(30-4)10-8-20/h5-12,22,24H,13-18H2,1-4H3/t22-/m0/s1. The third-order valence-electron chi connectivity index (χ3n) is 6.28. The number of hydrogen-bond acceptors (Lipinski definition) is 5. The van der Waals surface area contributed by atoms with Crippen molar-refractivity contribution in [2.75, 3.05) is 38.2 Å². The van der Waals surface area contributed by atoms with Crippen LogP contribution in [0.5, 0.6) is 5.75 Å². The molecular formula is C26H34N2O3S. The van der Waals surface area contributed by atoms with E-state index >= 15 is 0 Å². The average molecular weight is 455 g/mol. The van der Waals surface area contributed by atoms with Crippen LogP contribution in [0.3, 0.4) is 0 Å². The van der Waals surface area contributed by atoms with Crippen molar-refractivity contribution in [2.24, 2.45) is 0 Å². The van der Waals surface area contributed by atoms with E-state index in [1.54, 1.807) is 12.0 Å². The molecular weight excluding hydrogens is 420 g/mol. The first-order chi connectivity index (χ1) is 15.3. The minimum Gasteiger partial charge on any atom is -0.497 e. The average Bonchev–Trinajstić information content (AvgIpc) is 3.15. The van der Waals surface area contributed by atoms with Gasteiger partial charge in [0.15, 0.2) is 0 Å². The fraction of sp³-hybridized carbons (Fsp3) is 0.500. The summed E-state index contributed by atoms with van der Waals surface area (Å²) in [6, 6.07) is 16.6. The number of carbonyl (C=O) groups excluding carboxylic acids is 1. The highest BCUT2D eigenvalue weighted by Gasteiger charge is 2.34. The molecule has 2 fully saturated rings. The van der Waals surface area contributed by atoms with Gasteiger partial charge in [-0.3, -0.25) is 9.80 Å². The molecule has 4 rings (SSSR count). The molecule has 2 saturated heterocycles. The Labute approximate surface area is 196 Å². The molecule has 2 aliphatic rings. The van der Waals surface area contributed by atoms with Crippen LogP contribution in [0.4, 0.5) is 10.5 Å². The fourth-order valence-electron chi connectivity index (χ4n) is 4.31. The summed E-state index contributed by atoms with van der Waals surface area (Å²) in [7, 11) is 1.64. The third-order valence-corrected chi connectivity index (χ3v) is 7.63. The maximum atomic E-state index is 12.4. The number of benzene rings is 2. The van der Waals surface area contributed by atoms with Crippen LogP contribution in [0.1, 0.15) is 39.2 Å². The minimum atomic E-state index is -0.260. The fourth-order valence-corrected chi connectivity index (χ4v) is 5.44. The molecule has 1 amide bonds. The zero-order chi connectivity index (χ0) is 22.7. The summed E-state index contributed by atoms with van der Waals surface area (Å²) in [6.45, 7) is 10.3. The van der Waals surface area contributed by atoms with E-state index in [4.69, 9.17) is 9.47 Å². The minimum absolute atomic E-state index is 0.0845. The topological polar surface area (TPSA) is 42.0 Å². The Bertz CT molecular complexity index is 900. The lowest BCUT2D eigenvalue weighted by atomic mass is 9.87. The first-order valence-electron chi connectivity index (χ1n) is 11.4. The number of carbonyl (C=O) groups is 1. The molecule has 1 atom stereocenters. The lowest BCUT2D eigenvalue weighted by Crippen LogP contribution is -2.40. The Hall–Kier alpha value is -2.18. The van der Waals surface area contributed by atoms with Crippen LogP contribution in [-0.2, 0) is 10.2 Å². The molecule has 0 unspecified atom stereocenters. The summed E-state index contributed by atoms with van der Waals surface area (Å²) in [4.78, 5) is 17.9. The lowest BCUT2D eigenvalue weighted by Gasteiger charge is -2.32. The molecule has 2 aliphatic heterocycles. The van der Waals surface area contributed by atoms with E-state index in [-0.39, 0.29) is 17.6 Å². The van der Waals surface area contributed by atoms with Gasteiger partial charge in [-0.25, -0.2) is 4.79 Å². The van der Waals surface area contributed by atoms with Crippen LogP contribution in [0.2, 0.25) is 0 Å². The normalized spacial score (nSPS) is 20.4. The van der Waals surface area contributed by atoms with Crippen LogP contribution in [0, 0.1) is 0 Å². The van der Waals surface area contributed by atoms with E-state index < -0.39 is 0 Å². The summed E-state index contributed by atoms with van der Waals surface area (Å²) in [5, 5.41) is 0.647. The molecule has 2 aromatic carbocycles. The zero-order valence-electron chi connectivity index (χ0n) is 19.5. The van der Waals surface area contributed by atoms with E-state index in [2.05, 4.69) is 49.9 Å². The molecule has 5 nitrogen and oxygen atoms in total. The molecule has 0 radical (unpaired) electrons. The number of rotatable bonds is 6. The van der Waals surface area contributed by atoms with Gasteiger partial charge in [0, 0.05) is 22.4 Å². The van der Waals surface area contributed by atoms with Crippen molar-refractivity contribution < 1.29 is 14.3 Å². The van der Waals surface area contributed by atoms with Gasteiger partial charge < -0.3 is 9.47 Å². The Balaban J connectivity index is 1.24. The van der Waals surface area contributed by atoms with Crippen LogP contribution in [0.25, 0.3) is 0 Å². The van der Waals surface area contributed by atoms with Crippen molar-refractivity contribution in [1.29, 1.82) is 0 Å². The number of amides is 1. The number of piperidine rings is 1. The molecule has 2 aromatic rings. The van der Waals surface area contributed by atoms with Gasteiger partial charge in [-0.15, -0.1) is 11.8 Å². The highest BCUT2D eigenvalue weighted by Crippen LogP contribution is 2.32. The van der Waals surface area contributed by atoms with Crippen molar-refractivity contribution >= 4 is 23.5 Å². The molecule has 0 aliphatic carbocycles. The molecule has 32 heavy (non-hydrogen) atoms. The van der Waals surface area contributed by atoms with E-state index in [1.807, 2.05) is 36.0 Å². The van der Waals surface area contributed by atoms with Crippen molar-refractivity contribution in [3.05, 3.63) is 54.1 Å². The number of methoxy groups -OCH3 is 1. The monoisotopic (exact) mass is 454 g/mol. The lowest BCUT2D eigenvalue weighted by molar-refractivity contribution is 0.101. The van der Waals surface area contributed by atoms with E-state index in [0.717, 1.165) is 43.9 Å². The van der Waals surface area contributed by atoms with Crippen LogP contribution < -0.4 is 9.64 Å². The molecule has 0 bridgehead atoms. The smallest absolute Gasteiger partial charge is 0.414 e. The van der Waals surface area contributed by atoms with E-state index in [1.165, 1.54) is 10.5 Å². The summed E-state index contributed by atoms with van der Waals surface area (Å²) in [5.74, 6) is 0.781. The number of hydrogen-bond donors (Lipinski definition) is 0. The van der Waals surface area contributed by atoms with Gasteiger partial charge >= 0.3 is 6.09 Å². The van der Waals surface area contributed by atoms with Gasteiger partial charge in [0.1, 0.15) is 11.9 Å². The number of anilines is 1. The van der Waals surface area contributed by atoms with Gasteiger partial charge in [-0.05, 0) is 73.3 Å². The molecule has 172 valence electrons. The maximum Gasteiger partial charge on any atom is 0.414 e. The first-order valence-corrected chi connectivity index (χ1v) is 12.3. The molecule has 6 heteroatoms. The molecule has 2 heterocycles. The Morgan fingerprint density at radius 3 is 2.28 bits per heavy atom. The number of thioether (sulfide) groups is 1. The van der Waals surface area contributed by atoms with Gasteiger partial charge in [-0.2, -0.15) is 0 Å². The zero-order valence-corrected chi connectivity index (χ0v) is 20.4. The second kappa shape index (κ2) is 9.75.